The van der Waals surface area contributed by atoms with Crippen LogP contribution < -0.4 is 5.69 Å². The van der Waals surface area contributed by atoms with Gasteiger partial charge in [-0.25, -0.2) is 4.79 Å². The van der Waals surface area contributed by atoms with E-state index < -0.39 is 0 Å². The summed E-state index contributed by atoms with van der Waals surface area (Å²) in [6.07, 6.45) is 5.64. The van der Waals surface area contributed by atoms with Gasteiger partial charge in [-0.3, -0.25) is 4.57 Å². The molecule has 0 N–H and O–H groups in total. The van der Waals surface area contributed by atoms with E-state index in [2.05, 4.69) is 6.92 Å². The van der Waals surface area contributed by atoms with Gasteiger partial charge < -0.3 is 4.57 Å². The summed E-state index contributed by atoms with van der Waals surface area (Å²) in [5.41, 5.74) is 0.0584. The van der Waals surface area contributed by atoms with Crippen LogP contribution in [0.1, 0.15) is 19.8 Å². The molecule has 0 bridgehead atoms. The lowest BCUT2D eigenvalue weighted by molar-refractivity contribution is 0.463. The van der Waals surface area contributed by atoms with E-state index in [0.29, 0.717) is 11.8 Å². The molecule has 1 unspecified atom stereocenters. The highest BCUT2D eigenvalue weighted by Gasteiger charge is 2.03. The van der Waals surface area contributed by atoms with Gasteiger partial charge in [0.2, 0.25) is 0 Å². The zero-order valence-electron chi connectivity index (χ0n) is 8.74. The Kier molecular flexibility index (Phi) is 4.26. The molecule has 4 heteroatoms. The molecule has 1 heterocycles. The monoisotopic (exact) mass is 216 g/mol. The van der Waals surface area contributed by atoms with Gasteiger partial charge in [0.05, 0.1) is 0 Å². The lowest BCUT2D eigenvalue weighted by Crippen LogP contribution is -2.22. The van der Waals surface area contributed by atoms with Crippen molar-refractivity contribution in [2.45, 2.75) is 26.3 Å². The van der Waals surface area contributed by atoms with Gasteiger partial charge in [-0.15, -0.1) is 11.6 Å². The Morgan fingerprint density at radius 1 is 1.43 bits per heavy atom. The number of aryl methyl sites for hydroxylation is 2. The Bertz CT molecular complexity index is 329. The number of halogens is 1. The fourth-order valence-electron chi connectivity index (χ4n) is 1.37. The van der Waals surface area contributed by atoms with E-state index in [4.69, 9.17) is 11.6 Å². The van der Waals surface area contributed by atoms with E-state index in [1.165, 1.54) is 0 Å². The van der Waals surface area contributed by atoms with Crippen molar-refractivity contribution in [2.75, 3.05) is 5.88 Å². The minimum absolute atomic E-state index is 0.0584. The van der Waals surface area contributed by atoms with Crippen molar-refractivity contribution >= 4 is 11.6 Å². The molecule has 0 aliphatic rings. The first kappa shape index (κ1) is 11.4. The molecule has 0 aliphatic heterocycles. The molecule has 0 aliphatic carbocycles. The van der Waals surface area contributed by atoms with Crippen molar-refractivity contribution < 1.29 is 0 Å². The molecule has 1 rings (SSSR count). The third-order valence-corrected chi connectivity index (χ3v) is 2.70. The molecule has 80 valence electrons. The van der Waals surface area contributed by atoms with Crippen LogP contribution in [0.4, 0.5) is 0 Å². The summed E-state index contributed by atoms with van der Waals surface area (Å²) in [6.45, 7) is 2.95. The maximum Gasteiger partial charge on any atom is 0.327 e. The van der Waals surface area contributed by atoms with Crippen LogP contribution in [0.2, 0.25) is 0 Å². The molecule has 1 aromatic heterocycles. The third-order valence-electron chi connectivity index (χ3n) is 2.48. The van der Waals surface area contributed by atoms with Gasteiger partial charge in [-0.1, -0.05) is 6.92 Å². The number of rotatable bonds is 5. The van der Waals surface area contributed by atoms with Crippen LogP contribution in [0.5, 0.6) is 0 Å². The van der Waals surface area contributed by atoms with Crippen LogP contribution in [0, 0.1) is 5.92 Å². The van der Waals surface area contributed by atoms with Gasteiger partial charge in [0, 0.05) is 31.9 Å². The number of hydrogen-bond donors (Lipinski definition) is 0. The van der Waals surface area contributed by atoms with E-state index in [1.807, 2.05) is 6.20 Å². The Morgan fingerprint density at radius 3 is 2.64 bits per heavy atom. The molecule has 0 saturated heterocycles. The zero-order chi connectivity index (χ0) is 10.6. The quantitative estimate of drug-likeness (QED) is 0.690. The summed E-state index contributed by atoms with van der Waals surface area (Å²) in [5.74, 6) is 1.28. The van der Waals surface area contributed by atoms with Crippen LogP contribution in [0.25, 0.3) is 0 Å². The largest absolute Gasteiger partial charge is 0.327 e. The van der Waals surface area contributed by atoms with Crippen molar-refractivity contribution in [3.8, 4) is 0 Å². The number of aromatic nitrogens is 2. The maximum atomic E-state index is 11.4. The highest BCUT2D eigenvalue weighted by molar-refractivity contribution is 6.17. The Morgan fingerprint density at radius 2 is 2.14 bits per heavy atom. The predicted octanol–water partition coefficient (Wildman–Crippen LogP) is 1.84. The first-order valence-electron chi connectivity index (χ1n) is 4.93. The lowest BCUT2D eigenvalue weighted by Gasteiger charge is -2.08. The SMILES string of the molecule is CC(CCCl)CCn1ccn(C)c1=O. The van der Waals surface area contributed by atoms with Crippen molar-refractivity contribution in [3.05, 3.63) is 22.9 Å². The van der Waals surface area contributed by atoms with Crippen molar-refractivity contribution in [1.29, 1.82) is 0 Å². The number of hydrogen-bond acceptors (Lipinski definition) is 1. The second kappa shape index (κ2) is 5.25. The minimum Gasteiger partial charge on any atom is -0.302 e. The molecule has 0 fully saturated rings. The average molecular weight is 217 g/mol. The van der Waals surface area contributed by atoms with E-state index in [0.717, 1.165) is 19.4 Å². The molecule has 1 atom stereocenters. The molecule has 0 spiro atoms. The zero-order valence-corrected chi connectivity index (χ0v) is 9.50. The predicted molar refractivity (Wildman–Crippen MR) is 58.8 cm³/mol. The van der Waals surface area contributed by atoms with Gasteiger partial charge in [0.15, 0.2) is 0 Å². The highest BCUT2D eigenvalue weighted by Crippen LogP contribution is 2.08. The molecule has 1 aromatic rings. The first-order valence-corrected chi connectivity index (χ1v) is 5.46. The van der Waals surface area contributed by atoms with Gasteiger partial charge in [-0.05, 0) is 18.8 Å². The fourth-order valence-corrected chi connectivity index (χ4v) is 1.74. The van der Waals surface area contributed by atoms with E-state index in [-0.39, 0.29) is 5.69 Å². The van der Waals surface area contributed by atoms with Crippen LogP contribution in [0.15, 0.2) is 17.2 Å². The first-order chi connectivity index (χ1) is 6.65. The summed E-state index contributed by atoms with van der Waals surface area (Å²) in [7, 11) is 1.76. The summed E-state index contributed by atoms with van der Waals surface area (Å²) in [5, 5.41) is 0. The fraction of sp³-hybridized carbons (Fsp3) is 0.700. The number of imidazole rings is 1. The molecule has 0 amide bonds. The second-order valence-corrected chi connectivity index (χ2v) is 4.13. The maximum absolute atomic E-state index is 11.4. The van der Waals surface area contributed by atoms with Gasteiger partial charge in [0.1, 0.15) is 0 Å². The Balaban J connectivity index is 2.46. The summed E-state index contributed by atoms with van der Waals surface area (Å²) >= 11 is 5.64. The van der Waals surface area contributed by atoms with E-state index >= 15 is 0 Å². The smallest absolute Gasteiger partial charge is 0.302 e. The van der Waals surface area contributed by atoms with Gasteiger partial charge >= 0.3 is 5.69 Å². The molecule has 0 saturated carbocycles. The molecular weight excluding hydrogens is 200 g/mol. The lowest BCUT2D eigenvalue weighted by atomic mass is 10.1. The summed E-state index contributed by atoms with van der Waals surface area (Å²) in [4.78, 5) is 11.4. The molecule has 0 radical (unpaired) electrons. The van der Waals surface area contributed by atoms with Crippen LogP contribution in [-0.4, -0.2) is 15.0 Å². The highest BCUT2D eigenvalue weighted by atomic mass is 35.5. The van der Waals surface area contributed by atoms with E-state index in [1.54, 1.807) is 22.4 Å². The second-order valence-electron chi connectivity index (χ2n) is 3.76. The molecule has 14 heavy (non-hydrogen) atoms. The van der Waals surface area contributed by atoms with Crippen molar-refractivity contribution in [3.63, 3.8) is 0 Å². The Hall–Kier alpha value is -0.700. The van der Waals surface area contributed by atoms with Gasteiger partial charge in [0.25, 0.3) is 0 Å². The molecule has 0 aromatic carbocycles. The van der Waals surface area contributed by atoms with Crippen LogP contribution in [-0.2, 0) is 13.6 Å². The Labute approximate surface area is 89.3 Å². The van der Waals surface area contributed by atoms with Crippen LogP contribution in [0.3, 0.4) is 0 Å². The van der Waals surface area contributed by atoms with Crippen LogP contribution >= 0.6 is 11.6 Å². The van der Waals surface area contributed by atoms with Gasteiger partial charge in [-0.2, -0.15) is 0 Å². The number of nitrogens with zero attached hydrogens (tertiary/aromatic N) is 2. The third kappa shape index (κ3) is 2.91. The van der Waals surface area contributed by atoms with E-state index in [9.17, 15) is 4.79 Å². The molecular formula is C10H17ClN2O. The molecule has 3 nitrogen and oxygen atoms in total. The van der Waals surface area contributed by atoms with Crippen molar-refractivity contribution in [2.24, 2.45) is 13.0 Å². The van der Waals surface area contributed by atoms with Crippen molar-refractivity contribution in [1.82, 2.24) is 9.13 Å². The summed E-state index contributed by atoms with van der Waals surface area (Å²) in [6, 6.07) is 0. The summed E-state index contributed by atoms with van der Waals surface area (Å²) < 4.78 is 3.33. The average Bonchev–Trinajstić information content (AvgIpc) is 2.46. The number of alkyl halides is 1. The standard InChI is InChI=1S/C10H17ClN2O/c1-9(3-5-11)4-6-13-8-7-12(2)10(13)14/h7-9H,3-6H2,1-2H3. The normalized spacial score (nSPS) is 13.1. The minimum atomic E-state index is 0.0584. The topological polar surface area (TPSA) is 26.9 Å².